The molecule has 0 saturated heterocycles. The van der Waals surface area contributed by atoms with Gasteiger partial charge in [-0.15, -0.1) is 0 Å². The van der Waals surface area contributed by atoms with E-state index in [2.05, 4.69) is 25.6 Å². The molecule has 1 amide bonds. The number of anilines is 1. The number of aryl methyl sites for hydroxylation is 2. The van der Waals surface area contributed by atoms with Gasteiger partial charge in [0.15, 0.2) is 0 Å². The van der Waals surface area contributed by atoms with E-state index in [0.29, 0.717) is 28.2 Å². The van der Waals surface area contributed by atoms with E-state index in [1.54, 1.807) is 42.2 Å². The normalized spacial score (nSPS) is 10.8. The molecule has 0 spiro atoms. The first-order valence-electron chi connectivity index (χ1n) is 8.76. The van der Waals surface area contributed by atoms with Crippen LogP contribution in [-0.4, -0.2) is 30.9 Å². The Morgan fingerprint density at radius 1 is 1.34 bits per heavy atom. The van der Waals surface area contributed by atoms with Crippen molar-refractivity contribution in [2.75, 3.05) is 5.32 Å². The van der Waals surface area contributed by atoms with E-state index in [-0.39, 0.29) is 6.42 Å². The number of pyridine rings is 1. The zero-order valence-corrected chi connectivity index (χ0v) is 15.7. The van der Waals surface area contributed by atoms with Crippen LogP contribution in [0.1, 0.15) is 12.0 Å². The molecule has 0 saturated carbocycles. The predicted molar refractivity (Wildman–Crippen MR) is 105 cm³/mol. The van der Waals surface area contributed by atoms with Crippen LogP contribution in [0.4, 0.5) is 10.1 Å². The molecule has 3 heterocycles. The first-order valence-corrected chi connectivity index (χ1v) is 8.76. The van der Waals surface area contributed by atoms with Gasteiger partial charge in [0.05, 0.1) is 29.7 Å². The average molecular weight is 389 g/mol. The summed E-state index contributed by atoms with van der Waals surface area (Å²) >= 11 is 0. The predicted octanol–water partition coefficient (Wildman–Crippen LogP) is 3.33. The number of rotatable bonds is 4. The maximum absolute atomic E-state index is 14.9. The molecule has 2 N–H and O–H groups in total. The van der Waals surface area contributed by atoms with Crippen LogP contribution in [0.3, 0.4) is 0 Å². The quantitative estimate of drug-likeness (QED) is 0.556. The Labute approximate surface area is 165 Å². The van der Waals surface area contributed by atoms with Gasteiger partial charge < -0.3 is 5.32 Å². The maximum Gasteiger partial charge on any atom is 0.238 e. The molecule has 4 rings (SSSR count). The van der Waals surface area contributed by atoms with Crippen molar-refractivity contribution in [2.24, 2.45) is 7.05 Å². The first kappa shape index (κ1) is 18.3. The minimum Gasteiger partial charge on any atom is -0.325 e. The number of hydrogen-bond donors (Lipinski definition) is 2. The van der Waals surface area contributed by atoms with Gasteiger partial charge in [0.25, 0.3) is 0 Å². The molecule has 0 aliphatic carbocycles. The number of halogens is 1. The fourth-order valence-electron chi connectivity index (χ4n) is 3.23. The van der Waals surface area contributed by atoms with Crippen LogP contribution in [0.5, 0.6) is 0 Å². The highest BCUT2D eigenvalue weighted by Gasteiger charge is 2.16. The van der Waals surface area contributed by atoms with Crippen molar-refractivity contribution in [1.82, 2.24) is 25.0 Å². The smallest absolute Gasteiger partial charge is 0.238 e. The van der Waals surface area contributed by atoms with E-state index in [1.807, 2.05) is 13.2 Å². The van der Waals surface area contributed by atoms with Crippen LogP contribution >= 0.6 is 0 Å². The lowest BCUT2D eigenvalue weighted by Crippen LogP contribution is -2.10. The van der Waals surface area contributed by atoms with E-state index in [0.717, 1.165) is 16.5 Å². The first-order chi connectivity index (χ1) is 14.0. The molecule has 3 aromatic heterocycles. The number of nitrogens with zero attached hydrogens (tertiary/aromatic N) is 5. The van der Waals surface area contributed by atoms with E-state index in [1.165, 1.54) is 6.07 Å². The molecule has 1 aromatic carbocycles. The van der Waals surface area contributed by atoms with Gasteiger partial charge in [0.2, 0.25) is 5.91 Å². The lowest BCUT2D eigenvalue weighted by molar-refractivity contribution is -0.115. The molecular weight excluding hydrogens is 373 g/mol. The summed E-state index contributed by atoms with van der Waals surface area (Å²) in [4.78, 5) is 16.0. The molecule has 144 valence electrons. The Hall–Kier alpha value is -4.06. The zero-order chi connectivity index (χ0) is 20.5. The summed E-state index contributed by atoms with van der Waals surface area (Å²) in [6, 6.07) is 6.41. The lowest BCUT2D eigenvalue weighted by atomic mass is 10.0. The summed E-state index contributed by atoms with van der Waals surface area (Å²) in [5, 5.41) is 23.3. The zero-order valence-electron chi connectivity index (χ0n) is 15.7. The Bertz CT molecular complexity index is 1260. The SMILES string of the molecule is Cc1cc(NC(=O)CC#N)cc(F)c1-c1cc2c(-c3cnn(C)c3)n[nH]c2cn1. The van der Waals surface area contributed by atoms with Crippen LogP contribution in [-0.2, 0) is 11.8 Å². The van der Waals surface area contributed by atoms with Gasteiger partial charge in [-0.25, -0.2) is 4.39 Å². The Balaban J connectivity index is 1.76. The monoisotopic (exact) mass is 389 g/mol. The number of nitriles is 1. The topological polar surface area (TPSA) is 112 Å². The molecular formula is C20H16FN7O. The third kappa shape index (κ3) is 3.43. The van der Waals surface area contributed by atoms with E-state index in [9.17, 15) is 9.18 Å². The standard InChI is InChI=1S/C20H16FN7O/c1-11-5-13(25-18(29)3-4-22)6-15(21)19(11)16-7-14-17(9-23-16)26-27-20(14)12-8-24-28(2)10-12/h5-10H,3H2,1-2H3,(H,25,29)(H,26,27). The van der Waals surface area contributed by atoms with E-state index in [4.69, 9.17) is 5.26 Å². The van der Waals surface area contributed by atoms with Crippen molar-refractivity contribution in [1.29, 1.82) is 5.26 Å². The van der Waals surface area contributed by atoms with Gasteiger partial charge in [-0.3, -0.25) is 19.6 Å². The fourth-order valence-corrected chi connectivity index (χ4v) is 3.23. The highest BCUT2D eigenvalue weighted by Crippen LogP contribution is 2.32. The van der Waals surface area contributed by atoms with Crippen LogP contribution in [0.25, 0.3) is 33.4 Å². The van der Waals surface area contributed by atoms with Gasteiger partial charge in [0.1, 0.15) is 17.9 Å². The van der Waals surface area contributed by atoms with Gasteiger partial charge in [-0.05, 0) is 30.7 Å². The minimum absolute atomic E-state index is 0.293. The molecule has 8 nitrogen and oxygen atoms in total. The molecule has 0 bridgehead atoms. The molecule has 0 aliphatic rings. The number of carbonyl (C=O) groups excluding carboxylic acids is 1. The van der Waals surface area contributed by atoms with Gasteiger partial charge in [-0.1, -0.05) is 0 Å². The van der Waals surface area contributed by atoms with Gasteiger partial charge >= 0.3 is 0 Å². The third-order valence-electron chi connectivity index (χ3n) is 4.49. The summed E-state index contributed by atoms with van der Waals surface area (Å²) in [5.74, 6) is -1.01. The third-order valence-corrected chi connectivity index (χ3v) is 4.49. The number of carbonyl (C=O) groups is 1. The van der Waals surface area contributed by atoms with Crippen LogP contribution in [0.2, 0.25) is 0 Å². The van der Waals surface area contributed by atoms with Crippen LogP contribution in [0, 0.1) is 24.1 Å². The number of aromatic nitrogens is 5. The summed E-state index contributed by atoms with van der Waals surface area (Å²) in [6.07, 6.45) is 4.87. The highest BCUT2D eigenvalue weighted by atomic mass is 19.1. The van der Waals surface area contributed by atoms with Crippen molar-refractivity contribution < 1.29 is 9.18 Å². The molecule has 29 heavy (non-hydrogen) atoms. The second-order valence-electron chi connectivity index (χ2n) is 6.62. The fraction of sp³-hybridized carbons (Fsp3) is 0.150. The van der Waals surface area contributed by atoms with Crippen LogP contribution < -0.4 is 5.32 Å². The second-order valence-corrected chi connectivity index (χ2v) is 6.62. The molecule has 0 atom stereocenters. The number of H-pyrrole nitrogens is 1. The Morgan fingerprint density at radius 3 is 2.86 bits per heavy atom. The number of hydrogen-bond acceptors (Lipinski definition) is 5. The molecule has 0 radical (unpaired) electrons. The maximum atomic E-state index is 14.9. The minimum atomic E-state index is -0.518. The summed E-state index contributed by atoms with van der Waals surface area (Å²) in [5.41, 5.74) is 3.96. The second kappa shape index (κ2) is 7.16. The number of aromatic amines is 1. The van der Waals surface area contributed by atoms with Crippen molar-refractivity contribution >= 4 is 22.5 Å². The molecule has 9 heteroatoms. The van der Waals surface area contributed by atoms with Gasteiger partial charge in [-0.2, -0.15) is 15.5 Å². The van der Waals surface area contributed by atoms with Crippen molar-refractivity contribution in [3.8, 4) is 28.6 Å². The number of fused-ring (bicyclic) bond motifs is 1. The van der Waals surface area contributed by atoms with E-state index < -0.39 is 11.7 Å². The summed E-state index contributed by atoms with van der Waals surface area (Å²) < 4.78 is 16.6. The Morgan fingerprint density at radius 2 is 2.17 bits per heavy atom. The molecule has 0 fully saturated rings. The van der Waals surface area contributed by atoms with Crippen molar-refractivity contribution in [3.63, 3.8) is 0 Å². The Kier molecular flexibility index (Phi) is 4.52. The summed E-state index contributed by atoms with van der Waals surface area (Å²) in [6.45, 7) is 1.74. The average Bonchev–Trinajstić information content (AvgIpc) is 3.27. The molecule has 0 unspecified atom stereocenters. The lowest BCUT2D eigenvalue weighted by Gasteiger charge is -2.11. The number of amides is 1. The van der Waals surface area contributed by atoms with Crippen LogP contribution in [0.15, 0.2) is 36.8 Å². The highest BCUT2D eigenvalue weighted by molar-refractivity contribution is 5.95. The number of benzene rings is 1. The molecule has 0 aliphatic heterocycles. The summed E-state index contributed by atoms with van der Waals surface area (Å²) in [7, 11) is 1.82. The van der Waals surface area contributed by atoms with Crippen molar-refractivity contribution in [2.45, 2.75) is 13.3 Å². The van der Waals surface area contributed by atoms with Crippen molar-refractivity contribution in [3.05, 3.63) is 48.2 Å². The largest absolute Gasteiger partial charge is 0.325 e. The van der Waals surface area contributed by atoms with E-state index >= 15 is 0 Å². The number of nitrogens with one attached hydrogen (secondary N) is 2. The van der Waals surface area contributed by atoms with Gasteiger partial charge in [0, 0.05) is 35.4 Å². The molecule has 4 aromatic rings.